The molecule has 2 rings (SSSR count). The third-order valence-corrected chi connectivity index (χ3v) is 4.18. The molecule has 0 unspecified atom stereocenters. The van der Waals surface area contributed by atoms with Gasteiger partial charge in [0.2, 0.25) is 0 Å². The number of hydrogen-bond donors (Lipinski definition) is 1. The fourth-order valence-electron chi connectivity index (χ4n) is 2.75. The predicted molar refractivity (Wildman–Crippen MR) is 67.1 cm³/mol. The van der Waals surface area contributed by atoms with Gasteiger partial charge < -0.3 is 10.5 Å². The van der Waals surface area contributed by atoms with E-state index in [2.05, 4.69) is 13.8 Å². The van der Waals surface area contributed by atoms with E-state index in [-0.39, 0.29) is 5.41 Å². The van der Waals surface area contributed by atoms with E-state index < -0.39 is 0 Å². The molecule has 2 N–H and O–H groups in total. The van der Waals surface area contributed by atoms with Crippen molar-refractivity contribution in [3.8, 4) is 5.75 Å². The van der Waals surface area contributed by atoms with Crippen LogP contribution in [0.4, 0.5) is 0 Å². The van der Waals surface area contributed by atoms with Crippen LogP contribution in [0, 0.1) is 11.3 Å². The molecule has 0 aromatic heterocycles. The molecule has 1 saturated carbocycles. The first kappa shape index (κ1) is 11.7. The van der Waals surface area contributed by atoms with Gasteiger partial charge in [-0.05, 0) is 35.9 Å². The minimum Gasteiger partial charge on any atom is -0.496 e. The Balaban J connectivity index is 2.42. The molecule has 2 nitrogen and oxygen atoms in total. The molecular formula is C13H18ClNO. The maximum Gasteiger partial charge on any atom is 0.123 e. The van der Waals surface area contributed by atoms with Crippen LogP contribution in [0.1, 0.15) is 25.3 Å². The van der Waals surface area contributed by atoms with Gasteiger partial charge in [-0.3, -0.25) is 0 Å². The van der Waals surface area contributed by atoms with Gasteiger partial charge in [0.15, 0.2) is 0 Å². The van der Waals surface area contributed by atoms with Crippen molar-refractivity contribution in [3.63, 3.8) is 0 Å². The van der Waals surface area contributed by atoms with Crippen molar-refractivity contribution in [2.45, 2.75) is 19.8 Å². The van der Waals surface area contributed by atoms with Crippen molar-refractivity contribution < 1.29 is 4.74 Å². The van der Waals surface area contributed by atoms with Crippen LogP contribution in [0.3, 0.4) is 0 Å². The fraction of sp³-hybridized carbons (Fsp3) is 0.538. The van der Waals surface area contributed by atoms with Gasteiger partial charge in [0.05, 0.1) is 7.11 Å². The zero-order chi connectivity index (χ0) is 11.9. The van der Waals surface area contributed by atoms with Gasteiger partial charge in [-0.2, -0.15) is 0 Å². The summed E-state index contributed by atoms with van der Waals surface area (Å²) in [7, 11) is 1.68. The van der Waals surface area contributed by atoms with Gasteiger partial charge in [0.25, 0.3) is 0 Å². The van der Waals surface area contributed by atoms with Crippen LogP contribution in [0.25, 0.3) is 0 Å². The summed E-state index contributed by atoms with van der Waals surface area (Å²) < 4.78 is 5.39. The number of ether oxygens (including phenoxy) is 1. The van der Waals surface area contributed by atoms with Crippen molar-refractivity contribution in [2.24, 2.45) is 17.1 Å². The first-order valence-corrected chi connectivity index (χ1v) is 5.94. The Hall–Kier alpha value is -0.730. The lowest BCUT2D eigenvalue weighted by atomic mass is 10.0. The number of benzene rings is 1. The van der Waals surface area contributed by atoms with E-state index in [4.69, 9.17) is 22.1 Å². The van der Waals surface area contributed by atoms with E-state index in [0.717, 1.165) is 16.3 Å². The molecule has 0 bridgehead atoms. The number of rotatable bonds is 3. The molecule has 0 spiro atoms. The van der Waals surface area contributed by atoms with Crippen LogP contribution in [-0.2, 0) is 0 Å². The quantitative estimate of drug-likeness (QED) is 0.880. The van der Waals surface area contributed by atoms with Crippen molar-refractivity contribution >= 4 is 11.6 Å². The Morgan fingerprint density at radius 2 is 2.12 bits per heavy atom. The Labute approximate surface area is 102 Å². The summed E-state index contributed by atoms with van der Waals surface area (Å²) in [5, 5.41) is 0.786. The number of nitrogens with two attached hydrogens (primary N) is 1. The third-order valence-electron chi connectivity index (χ3n) is 3.85. The first-order chi connectivity index (χ1) is 7.54. The lowest BCUT2D eigenvalue weighted by Gasteiger charge is -2.11. The lowest BCUT2D eigenvalue weighted by molar-refractivity contribution is 0.407. The standard InChI is InChI=1S/C13H18ClNO/c1-13(2)8(7-15)12(13)11-9(14)5-4-6-10(11)16-3/h4-6,8,12H,7,15H2,1-3H3/t8-,12+/m0/s1. The van der Waals surface area contributed by atoms with E-state index in [1.165, 1.54) is 0 Å². The summed E-state index contributed by atoms with van der Waals surface area (Å²) in [6.07, 6.45) is 0. The minimum atomic E-state index is 0.229. The third kappa shape index (κ3) is 1.61. The van der Waals surface area contributed by atoms with E-state index >= 15 is 0 Å². The van der Waals surface area contributed by atoms with Crippen molar-refractivity contribution in [1.82, 2.24) is 0 Å². The van der Waals surface area contributed by atoms with Crippen LogP contribution < -0.4 is 10.5 Å². The van der Waals surface area contributed by atoms with Crippen molar-refractivity contribution in [2.75, 3.05) is 13.7 Å². The van der Waals surface area contributed by atoms with E-state index in [1.807, 2.05) is 18.2 Å². The highest BCUT2D eigenvalue weighted by molar-refractivity contribution is 6.31. The van der Waals surface area contributed by atoms with Gasteiger partial charge in [-0.25, -0.2) is 0 Å². The van der Waals surface area contributed by atoms with Crippen molar-refractivity contribution in [1.29, 1.82) is 0 Å². The van der Waals surface area contributed by atoms with Gasteiger partial charge in [0, 0.05) is 10.6 Å². The van der Waals surface area contributed by atoms with E-state index in [1.54, 1.807) is 7.11 Å². The van der Waals surface area contributed by atoms with Gasteiger partial charge >= 0.3 is 0 Å². The molecule has 1 aliphatic carbocycles. The molecule has 0 heterocycles. The molecule has 1 fully saturated rings. The van der Waals surface area contributed by atoms with Gasteiger partial charge in [-0.1, -0.05) is 31.5 Å². The average Bonchev–Trinajstić information content (AvgIpc) is 2.79. The largest absolute Gasteiger partial charge is 0.496 e. The minimum absolute atomic E-state index is 0.229. The predicted octanol–water partition coefficient (Wildman–Crippen LogP) is 3.05. The second kappa shape index (κ2) is 3.94. The monoisotopic (exact) mass is 239 g/mol. The molecule has 1 aliphatic rings. The summed E-state index contributed by atoms with van der Waals surface area (Å²) in [5.74, 6) is 1.80. The maximum absolute atomic E-state index is 6.27. The molecule has 2 atom stereocenters. The molecule has 1 aromatic rings. The van der Waals surface area contributed by atoms with Crippen LogP contribution in [0.15, 0.2) is 18.2 Å². The highest BCUT2D eigenvalue weighted by Gasteiger charge is 2.58. The van der Waals surface area contributed by atoms with Crippen molar-refractivity contribution in [3.05, 3.63) is 28.8 Å². The molecule has 3 heteroatoms. The molecule has 16 heavy (non-hydrogen) atoms. The van der Waals surface area contributed by atoms with Gasteiger partial charge in [0.1, 0.15) is 5.75 Å². The van der Waals surface area contributed by atoms with Gasteiger partial charge in [-0.15, -0.1) is 0 Å². The smallest absolute Gasteiger partial charge is 0.123 e. The zero-order valence-corrected chi connectivity index (χ0v) is 10.7. The second-order valence-electron chi connectivity index (χ2n) is 5.00. The Morgan fingerprint density at radius 3 is 2.62 bits per heavy atom. The molecular weight excluding hydrogens is 222 g/mol. The molecule has 88 valence electrons. The summed E-state index contributed by atoms with van der Waals surface area (Å²) in [6, 6.07) is 5.79. The summed E-state index contributed by atoms with van der Waals surface area (Å²) in [6.45, 7) is 5.17. The summed E-state index contributed by atoms with van der Waals surface area (Å²) in [5.41, 5.74) is 7.14. The highest BCUT2D eigenvalue weighted by atomic mass is 35.5. The maximum atomic E-state index is 6.27. The topological polar surface area (TPSA) is 35.2 Å². The normalized spacial score (nSPS) is 26.6. The van der Waals surface area contributed by atoms with Crippen LogP contribution in [-0.4, -0.2) is 13.7 Å². The number of hydrogen-bond acceptors (Lipinski definition) is 2. The number of halogens is 1. The van der Waals surface area contributed by atoms with E-state index in [0.29, 0.717) is 18.4 Å². The van der Waals surface area contributed by atoms with E-state index in [9.17, 15) is 0 Å². The zero-order valence-electron chi connectivity index (χ0n) is 9.96. The fourth-order valence-corrected chi connectivity index (χ4v) is 3.04. The van der Waals surface area contributed by atoms with Crippen LogP contribution in [0.5, 0.6) is 5.75 Å². The molecule has 0 amide bonds. The first-order valence-electron chi connectivity index (χ1n) is 5.56. The average molecular weight is 240 g/mol. The molecule has 0 saturated heterocycles. The molecule has 0 radical (unpaired) electrons. The summed E-state index contributed by atoms with van der Waals surface area (Å²) >= 11 is 6.27. The number of methoxy groups -OCH3 is 1. The SMILES string of the molecule is COc1cccc(Cl)c1[C@H]1[C@H](CN)C1(C)C. The van der Waals surface area contributed by atoms with Crippen LogP contribution >= 0.6 is 11.6 Å². The lowest BCUT2D eigenvalue weighted by Crippen LogP contribution is -2.05. The molecule has 0 aliphatic heterocycles. The Morgan fingerprint density at radius 1 is 1.44 bits per heavy atom. The molecule has 1 aromatic carbocycles. The van der Waals surface area contributed by atoms with Crippen LogP contribution in [0.2, 0.25) is 5.02 Å². The second-order valence-corrected chi connectivity index (χ2v) is 5.40. The summed E-state index contributed by atoms with van der Waals surface area (Å²) in [4.78, 5) is 0. The Kier molecular flexibility index (Phi) is 2.89. The highest BCUT2D eigenvalue weighted by Crippen LogP contribution is 2.66. The Bertz CT molecular complexity index is 403.